The summed E-state index contributed by atoms with van der Waals surface area (Å²) >= 11 is 1.76. The number of aryl methyl sites for hydroxylation is 1. The molecule has 0 saturated heterocycles. The number of nitrogens with zero attached hydrogens (tertiary/aromatic N) is 1. The Morgan fingerprint density at radius 3 is 2.14 bits per heavy atom. The SMILES string of the molecule is CCN(c1ccc(C)cc1)C(CN)c1ccc(SC)cc1. The molecule has 2 N–H and O–H groups in total. The van der Waals surface area contributed by atoms with Gasteiger partial charge in [-0.2, -0.15) is 0 Å². The molecule has 21 heavy (non-hydrogen) atoms. The lowest BCUT2D eigenvalue weighted by Gasteiger charge is -2.32. The summed E-state index contributed by atoms with van der Waals surface area (Å²) < 4.78 is 0. The Bertz CT molecular complexity index is 548. The van der Waals surface area contributed by atoms with Crippen molar-refractivity contribution in [3.63, 3.8) is 0 Å². The van der Waals surface area contributed by atoms with Gasteiger partial charge in [-0.05, 0) is 49.9 Å². The Kier molecular flexibility index (Phi) is 5.71. The van der Waals surface area contributed by atoms with Crippen molar-refractivity contribution in [2.45, 2.75) is 24.8 Å². The fourth-order valence-corrected chi connectivity index (χ4v) is 3.00. The van der Waals surface area contributed by atoms with Crippen molar-refractivity contribution in [3.8, 4) is 0 Å². The van der Waals surface area contributed by atoms with Gasteiger partial charge in [0.2, 0.25) is 0 Å². The maximum absolute atomic E-state index is 6.07. The van der Waals surface area contributed by atoms with Crippen LogP contribution in [0.5, 0.6) is 0 Å². The van der Waals surface area contributed by atoms with Crippen molar-refractivity contribution in [1.29, 1.82) is 0 Å². The number of hydrogen-bond donors (Lipinski definition) is 1. The topological polar surface area (TPSA) is 29.3 Å². The van der Waals surface area contributed by atoms with Crippen LogP contribution in [0.4, 0.5) is 5.69 Å². The van der Waals surface area contributed by atoms with Gasteiger partial charge in [-0.25, -0.2) is 0 Å². The van der Waals surface area contributed by atoms with Crippen LogP contribution in [0, 0.1) is 6.92 Å². The normalized spacial score (nSPS) is 12.2. The Balaban J connectivity index is 2.29. The standard InChI is InChI=1S/C18H24N2S/c1-4-20(16-9-5-14(2)6-10-16)18(13-19)15-7-11-17(21-3)12-8-15/h5-12,18H,4,13,19H2,1-3H3. The van der Waals surface area contributed by atoms with E-state index in [1.165, 1.54) is 21.7 Å². The third-order valence-electron chi connectivity index (χ3n) is 3.81. The summed E-state index contributed by atoms with van der Waals surface area (Å²) in [7, 11) is 0. The molecule has 0 saturated carbocycles. The van der Waals surface area contributed by atoms with E-state index in [4.69, 9.17) is 5.73 Å². The second-order valence-electron chi connectivity index (χ2n) is 5.15. The van der Waals surface area contributed by atoms with Crippen LogP contribution in [-0.2, 0) is 0 Å². The molecule has 0 aliphatic heterocycles. The van der Waals surface area contributed by atoms with Gasteiger partial charge in [-0.1, -0.05) is 29.8 Å². The minimum atomic E-state index is 0.216. The first-order valence-corrected chi connectivity index (χ1v) is 8.59. The third kappa shape index (κ3) is 3.80. The van der Waals surface area contributed by atoms with Gasteiger partial charge in [-0.15, -0.1) is 11.8 Å². The van der Waals surface area contributed by atoms with Crippen molar-refractivity contribution < 1.29 is 0 Å². The van der Waals surface area contributed by atoms with Gasteiger partial charge >= 0.3 is 0 Å². The largest absolute Gasteiger partial charge is 0.363 e. The zero-order chi connectivity index (χ0) is 15.2. The van der Waals surface area contributed by atoms with E-state index in [1.54, 1.807) is 11.8 Å². The predicted octanol–water partition coefficient (Wildman–Crippen LogP) is 4.24. The lowest BCUT2D eigenvalue weighted by Crippen LogP contribution is -2.33. The zero-order valence-electron chi connectivity index (χ0n) is 13.0. The summed E-state index contributed by atoms with van der Waals surface area (Å²) in [6.45, 7) is 5.84. The summed E-state index contributed by atoms with van der Waals surface area (Å²) in [6, 6.07) is 17.6. The molecule has 0 amide bonds. The van der Waals surface area contributed by atoms with Gasteiger partial charge in [0, 0.05) is 23.7 Å². The molecule has 2 aromatic rings. The first kappa shape index (κ1) is 15.9. The van der Waals surface area contributed by atoms with Gasteiger partial charge in [-0.3, -0.25) is 0 Å². The molecule has 2 nitrogen and oxygen atoms in total. The highest BCUT2D eigenvalue weighted by atomic mass is 32.2. The molecule has 0 bridgehead atoms. The van der Waals surface area contributed by atoms with Gasteiger partial charge in [0.25, 0.3) is 0 Å². The van der Waals surface area contributed by atoms with E-state index in [1.807, 2.05) is 0 Å². The van der Waals surface area contributed by atoms with E-state index in [0.29, 0.717) is 6.54 Å². The smallest absolute Gasteiger partial charge is 0.0664 e. The maximum atomic E-state index is 6.07. The summed E-state index contributed by atoms with van der Waals surface area (Å²) in [6.07, 6.45) is 2.10. The molecule has 0 spiro atoms. The Hall–Kier alpha value is -1.45. The highest BCUT2D eigenvalue weighted by Crippen LogP contribution is 2.28. The van der Waals surface area contributed by atoms with Crippen LogP contribution < -0.4 is 10.6 Å². The van der Waals surface area contributed by atoms with Gasteiger partial charge in [0.05, 0.1) is 6.04 Å². The third-order valence-corrected chi connectivity index (χ3v) is 4.55. The Morgan fingerprint density at radius 2 is 1.67 bits per heavy atom. The van der Waals surface area contributed by atoms with E-state index >= 15 is 0 Å². The first-order valence-electron chi connectivity index (χ1n) is 7.37. The fraction of sp³-hybridized carbons (Fsp3) is 0.333. The summed E-state index contributed by atoms with van der Waals surface area (Å²) in [5.74, 6) is 0. The highest BCUT2D eigenvalue weighted by molar-refractivity contribution is 7.98. The molecule has 0 aromatic heterocycles. The summed E-state index contributed by atoms with van der Waals surface area (Å²) in [5.41, 5.74) is 9.86. The van der Waals surface area contributed by atoms with Crippen LogP contribution in [0.1, 0.15) is 24.1 Å². The molecule has 0 radical (unpaired) electrons. The van der Waals surface area contributed by atoms with E-state index < -0.39 is 0 Å². The number of anilines is 1. The van der Waals surface area contributed by atoms with Crippen LogP contribution in [0.25, 0.3) is 0 Å². The Morgan fingerprint density at radius 1 is 1.05 bits per heavy atom. The van der Waals surface area contributed by atoms with Crippen LogP contribution >= 0.6 is 11.8 Å². The Labute approximate surface area is 132 Å². The van der Waals surface area contributed by atoms with E-state index in [-0.39, 0.29) is 6.04 Å². The number of benzene rings is 2. The molecule has 0 heterocycles. The lowest BCUT2D eigenvalue weighted by molar-refractivity contribution is 0.643. The number of hydrogen-bond acceptors (Lipinski definition) is 3. The second kappa shape index (κ2) is 7.53. The average Bonchev–Trinajstić information content (AvgIpc) is 2.54. The summed E-state index contributed by atoms with van der Waals surface area (Å²) in [5, 5.41) is 0. The molecule has 0 aliphatic carbocycles. The van der Waals surface area contributed by atoms with E-state index in [2.05, 4.69) is 73.5 Å². The lowest BCUT2D eigenvalue weighted by atomic mass is 10.0. The molecular weight excluding hydrogens is 276 g/mol. The molecule has 112 valence electrons. The van der Waals surface area contributed by atoms with Crippen molar-refractivity contribution in [1.82, 2.24) is 0 Å². The molecule has 3 heteroatoms. The van der Waals surface area contributed by atoms with Crippen LogP contribution in [0.15, 0.2) is 53.4 Å². The van der Waals surface area contributed by atoms with Gasteiger partial charge < -0.3 is 10.6 Å². The van der Waals surface area contributed by atoms with Crippen molar-refractivity contribution in [2.24, 2.45) is 5.73 Å². The molecule has 2 aromatic carbocycles. The summed E-state index contributed by atoms with van der Waals surface area (Å²) in [4.78, 5) is 3.65. The number of thioether (sulfide) groups is 1. The van der Waals surface area contributed by atoms with Crippen molar-refractivity contribution in [2.75, 3.05) is 24.2 Å². The van der Waals surface area contributed by atoms with E-state index in [9.17, 15) is 0 Å². The molecule has 2 rings (SSSR count). The van der Waals surface area contributed by atoms with Crippen LogP contribution in [0.3, 0.4) is 0 Å². The molecule has 1 unspecified atom stereocenters. The van der Waals surface area contributed by atoms with Gasteiger partial charge in [0.15, 0.2) is 0 Å². The average molecular weight is 300 g/mol. The highest BCUT2D eigenvalue weighted by Gasteiger charge is 2.18. The number of rotatable bonds is 6. The molecule has 0 aliphatic rings. The maximum Gasteiger partial charge on any atom is 0.0664 e. The number of likely N-dealkylation sites (N-methyl/N-ethyl adjacent to an activating group) is 1. The minimum Gasteiger partial charge on any atom is -0.363 e. The minimum absolute atomic E-state index is 0.216. The monoisotopic (exact) mass is 300 g/mol. The second-order valence-corrected chi connectivity index (χ2v) is 6.03. The first-order chi connectivity index (χ1) is 10.2. The zero-order valence-corrected chi connectivity index (χ0v) is 13.9. The molecular formula is C18H24N2S. The molecule has 0 fully saturated rings. The van der Waals surface area contributed by atoms with Gasteiger partial charge in [0.1, 0.15) is 0 Å². The number of nitrogens with two attached hydrogens (primary N) is 1. The quantitative estimate of drug-likeness (QED) is 0.809. The van der Waals surface area contributed by atoms with Crippen molar-refractivity contribution in [3.05, 3.63) is 59.7 Å². The van der Waals surface area contributed by atoms with Crippen LogP contribution in [-0.4, -0.2) is 19.3 Å². The molecule has 1 atom stereocenters. The van der Waals surface area contributed by atoms with Crippen LogP contribution in [0.2, 0.25) is 0 Å². The van der Waals surface area contributed by atoms with E-state index in [0.717, 1.165) is 6.54 Å². The van der Waals surface area contributed by atoms with Crippen molar-refractivity contribution >= 4 is 17.4 Å². The fourth-order valence-electron chi connectivity index (χ4n) is 2.59. The predicted molar refractivity (Wildman–Crippen MR) is 94.2 cm³/mol.